The number of carbonyl (C=O) groups is 1. The van der Waals surface area contributed by atoms with E-state index in [1.165, 1.54) is 30.5 Å². The largest absolute Gasteiger partial charge is 0.493 e. The number of hydrogen-bond donors (Lipinski definition) is 2. The number of aromatic nitrogens is 2. The molecule has 3 heterocycles. The van der Waals surface area contributed by atoms with Gasteiger partial charge in [0.15, 0.2) is 4.90 Å². The van der Waals surface area contributed by atoms with Crippen molar-refractivity contribution in [1.82, 2.24) is 14.7 Å². The smallest absolute Gasteiger partial charge is 0.269 e. The molecule has 0 unspecified atom stereocenters. The maximum Gasteiger partial charge on any atom is 0.269 e. The fraction of sp³-hybridized carbons (Fsp3) is 0.370. The summed E-state index contributed by atoms with van der Waals surface area (Å²) >= 11 is 0. The van der Waals surface area contributed by atoms with E-state index in [1.807, 2.05) is 9.62 Å². The first-order valence-corrected chi connectivity index (χ1v) is 14.1. The molecule has 2 aliphatic rings. The Morgan fingerprint density at radius 1 is 1.16 bits per heavy atom. The van der Waals surface area contributed by atoms with Gasteiger partial charge in [0.1, 0.15) is 17.4 Å². The van der Waals surface area contributed by atoms with Gasteiger partial charge in [0.25, 0.3) is 21.5 Å². The molecule has 38 heavy (non-hydrogen) atoms. The number of amides is 1. The molecule has 0 atom stereocenters. The van der Waals surface area contributed by atoms with Crippen molar-refractivity contribution in [2.24, 2.45) is 11.8 Å². The predicted molar refractivity (Wildman–Crippen MR) is 140 cm³/mol. The van der Waals surface area contributed by atoms with Crippen LogP contribution in [0, 0.1) is 17.7 Å². The third-order valence-corrected chi connectivity index (χ3v) is 8.21. The summed E-state index contributed by atoms with van der Waals surface area (Å²) in [5.41, 5.74) is 0.115. The number of sulfonamides is 1. The van der Waals surface area contributed by atoms with Crippen LogP contribution >= 0.6 is 0 Å². The van der Waals surface area contributed by atoms with E-state index < -0.39 is 32.2 Å². The van der Waals surface area contributed by atoms with E-state index in [2.05, 4.69) is 11.9 Å². The summed E-state index contributed by atoms with van der Waals surface area (Å²) in [7, 11) is -4.43. The summed E-state index contributed by atoms with van der Waals surface area (Å²) in [4.78, 5) is 33.6. The van der Waals surface area contributed by atoms with E-state index in [-0.39, 0.29) is 5.56 Å². The first-order valence-electron chi connectivity index (χ1n) is 12.6. The Balaban J connectivity index is 1.49. The number of benzene rings is 1. The molecule has 11 heteroatoms. The second-order valence-electron chi connectivity index (χ2n) is 9.97. The zero-order chi connectivity index (χ0) is 26.9. The van der Waals surface area contributed by atoms with Crippen molar-refractivity contribution in [3.63, 3.8) is 0 Å². The summed E-state index contributed by atoms with van der Waals surface area (Å²) in [6.45, 7) is 3.93. The number of nitrogens with one attached hydrogen (secondary N) is 2. The van der Waals surface area contributed by atoms with Crippen LogP contribution in [-0.4, -0.2) is 44.0 Å². The minimum Gasteiger partial charge on any atom is -0.493 e. The molecule has 1 aliphatic carbocycles. The van der Waals surface area contributed by atoms with E-state index in [4.69, 9.17) is 9.72 Å². The molecule has 2 aromatic heterocycles. The first-order chi connectivity index (χ1) is 18.2. The summed E-state index contributed by atoms with van der Waals surface area (Å²) in [6, 6.07) is 9.89. The number of aromatic amines is 1. The molecule has 1 saturated heterocycles. The zero-order valence-corrected chi connectivity index (χ0v) is 21.8. The molecule has 2 N–H and O–H groups in total. The van der Waals surface area contributed by atoms with Crippen molar-refractivity contribution in [2.75, 3.05) is 24.6 Å². The van der Waals surface area contributed by atoms with Crippen LogP contribution in [0.4, 0.5) is 10.2 Å². The molecule has 0 radical (unpaired) electrons. The topological polar surface area (TPSA) is 121 Å². The van der Waals surface area contributed by atoms with E-state index in [9.17, 15) is 22.4 Å². The molecule has 200 valence electrons. The Hall–Kier alpha value is -3.73. The van der Waals surface area contributed by atoms with Crippen molar-refractivity contribution < 1.29 is 22.3 Å². The number of anilines is 1. The van der Waals surface area contributed by atoms with E-state index >= 15 is 0 Å². The quantitative estimate of drug-likeness (QED) is 0.447. The lowest BCUT2D eigenvalue weighted by Gasteiger charge is -2.32. The van der Waals surface area contributed by atoms with Gasteiger partial charge >= 0.3 is 0 Å². The average molecular weight is 541 g/mol. The third-order valence-electron chi connectivity index (χ3n) is 6.85. The van der Waals surface area contributed by atoms with Gasteiger partial charge in [-0.25, -0.2) is 22.5 Å². The van der Waals surface area contributed by atoms with Gasteiger partial charge in [0.05, 0.1) is 17.9 Å². The maximum absolute atomic E-state index is 14.5. The molecule has 0 spiro atoms. The summed E-state index contributed by atoms with van der Waals surface area (Å²) in [5, 5.41) is 0. The summed E-state index contributed by atoms with van der Waals surface area (Å²) in [5.74, 6) is 0.342. The average Bonchev–Trinajstić information content (AvgIpc) is 3.72. The van der Waals surface area contributed by atoms with Crippen LogP contribution in [-0.2, 0) is 10.0 Å². The lowest BCUT2D eigenvalue weighted by Crippen LogP contribution is -2.38. The van der Waals surface area contributed by atoms with E-state index in [0.717, 1.165) is 31.7 Å². The molecule has 3 aromatic rings. The fourth-order valence-corrected chi connectivity index (χ4v) is 5.41. The molecule has 5 rings (SSSR count). The fourth-order valence-electron chi connectivity index (χ4n) is 4.39. The Bertz CT molecular complexity index is 1510. The van der Waals surface area contributed by atoms with Crippen molar-refractivity contribution >= 4 is 21.7 Å². The van der Waals surface area contributed by atoms with Gasteiger partial charge in [-0.1, -0.05) is 6.92 Å². The standard InChI is InChI=1S/C27H29FN4O5S/c1-17-8-11-32(12-9-17)25-22(26(33)31-38(35,36)24-3-2-10-29-27(24)34)6-7-23(30-25)19-13-20(28)15-21(14-19)37-16-18-4-5-18/h2-3,6-7,10,13-15,17-18H,4-5,8-9,11-12,16H2,1H3,(H,29,34)(H,31,33). The van der Waals surface area contributed by atoms with Crippen LogP contribution < -0.4 is 19.9 Å². The van der Waals surface area contributed by atoms with Gasteiger partial charge in [0, 0.05) is 30.9 Å². The number of rotatable bonds is 8. The van der Waals surface area contributed by atoms with E-state index in [0.29, 0.717) is 54.4 Å². The molecule has 9 nitrogen and oxygen atoms in total. The highest BCUT2D eigenvalue weighted by Crippen LogP contribution is 2.32. The van der Waals surface area contributed by atoms with Crippen LogP contribution in [0.25, 0.3) is 11.3 Å². The predicted octanol–water partition coefficient (Wildman–Crippen LogP) is 3.72. The van der Waals surface area contributed by atoms with Crippen LogP contribution in [0.2, 0.25) is 0 Å². The van der Waals surface area contributed by atoms with Crippen LogP contribution in [0.3, 0.4) is 0 Å². The van der Waals surface area contributed by atoms with Gasteiger partial charge in [-0.15, -0.1) is 0 Å². The molecule has 1 saturated carbocycles. The van der Waals surface area contributed by atoms with Gasteiger partial charge in [0.2, 0.25) is 0 Å². The molecular formula is C27H29FN4O5S. The number of pyridine rings is 2. The van der Waals surface area contributed by atoms with Gasteiger partial charge in [-0.3, -0.25) is 9.59 Å². The monoisotopic (exact) mass is 540 g/mol. The Kier molecular flexibility index (Phi) is 7.20. The molecule has 1 aliphatic heterocycles. The van der Waals surface area contributed by atoms with Crippen LogP contribution in [0.1, 0.15) is 43.0 Å². The normalized spacial score (nSPS) is 16.3. The van der Waals surface area contributed by atoms with Gasteiger partial charge in [-0.2, -0.15) is 0 Å². The molecular weight excluding hydrogens is 511 g/mol. The number of halogens is 1. The number of hydrogen-bond acceptors (Lipinski definition) is 7. The third kappa shape index (κ3) is 5.88. The van der Waals surface area contributed by atoms with Gasteiger partial charge < -0.3 is 14.6 Å². The van der Waals surface area contributed by atoms with Crippen LogP contribution in [0.5, 0.6) is 5.75 Å². The second-order valence-corrected chi connectivity index (χ2v) is 11.6. The SMILES string of the molecule is CC1CCN(c2nc(-c3cc(F)cc(OCC4CC4)c3)ccc2C(=O)NS(=O)(=O)c2ccc[nH]c2=O)CC1. The minimum atomic E-state index is -4.43. The maximum atomic E-state index is 14.5. The lowest BCUT2D eigenvalue weighted by atomic mass is 9.98. The van der Waals surface area contributed by atoms with Crippen molar-refractivity contribution in [3.05, 3.63) is 70.4 Å². The Labute approximate surface area is 220 Å². The van der Waals surface area contributed by atoms with E-state index in [1.54, 1.807) is 12.1 Å². The van der Waals surface area contributed by atoms with Crippen molar-refractivity contribution in [2.45, 2.75) is 37.5 Å². The summed E-state index contributed by atoms with van der Waals surface area (Å²) in [6.07, 6.45) is 5.28. The molecule has 1 aromatic carbocycles. The molecule has 2 fully saturated rings. The first kappa shape index (κ1) is 25.9. The molecule has 1 amide bonds. The number of piperidine rings is 1. The highest BCUT2D eigenvalue weighted by Gasteiger charge is 2.27. The molecule has 0 bridgehead atoms. The summed E-state index contributed by atoms with van der Waals surface area (Å²) < 4.78 is 47.8. The zero-order valence-electron chi connectivity index (χ0n) is 20.9. The number of nitrogens with zero attached hydrogens (tertiary/aromatic N) is 2. The van der Waals surface area contributed by atoms with Crippen molar-refractivity contribution in [1.29, 1.82) is 0 Å². The Morgan fingerprint density at radius 2 is 1.92 bits per heavy atom. The highest BCUT2D eigenvalue weighted by molar-refractivity contribution is 7.90. The van der Waals surface area contributed by atoms with Crippen LogP contribution in [0.15, 0.2) is 58.4 Å². The van der Waals surface area contributed by atoms with Gasteiger partial charge in [-0.05, 0) is 73.9 Å². The lowest BCUT2D eigenvalue weighted by molar-refractivity contribution is 0.0981. The number of H-pyrrole nitrogens is 1. The highest BCUT2D eigenvalue weighted by atomic mass is 32.2. The minimum absolute atomic E-state index is 0.0425. The number of ether oxygens (including phenoxy) is 1. The second kappa shape index (κ2) is 10.6. The Morgan fingerprint density at radius 3 is 2.63 bits per heavy atom. The van der Waals surface area contributed by atoms with Crippen molar-refractivity contribution in [3.8, 4) is 17.0 Å². The number of carbonyl (C=O) groups excluding carboxylic acids is 1.